The van der Waals surface area contributed by atoms with Gasteiger partial charge in [-0.2, -0.15) is 0 Å². The summed E-state index contributed by atoms with van der Waals surface area (Å²) in [4.78, 5) is 14.3. The molecule has 1 aliphatic heterocycles. The van der Waals surface area contributed by atoms with Crippen molar-refractivity contribution in [1.82, 2.24) is 5.32 Å². The first-order valence-corrected chi connectivity index (χ1v) is 7.79. The Kier molecular flexibility index (Phi) is 4.99. The third-order valence-corrected chi connectivity index (χ3v) is 4.39. The molecule has 1 saturated heterocycles. The highest BCUT2D eigenvalue weighted by Gasteiger charge is 2.25. The predicted octanol–water partition coefficient (Wildman–Crippen LogP) is 2.05. The van der Waals surface area contributed by atoms with Gasteiger partial charge >= 0.3 is 0 Å². The van der Waals surface area contributed by atoms with Crippen molar-refractivity contribution in [3.8, 4) is 0 Å². The van der Waals surface area contributed by atoms with E-state index in [9.17, 15) is 4.79 Å². The van der Waals surface area contributed by atoms with Crippen molar-refractivity contribution in [1.29, 1.82) is 0 Å². The van der Waals surface area contributed by atoms with E-state index in [2.05, 4.69) is 26.1 Å². The van der Waals surface area contributed by atoms with E-state index < -0.39 is 0 Å². The van der Waals surface area contributed by atoms with Crippen LogP contribution in [0.4, 0.5) is 5.69 Å². The van der Waals surface area contributed by atoms with Crippen molar-refractivity contribution in [2.75, 3.05) is 25.0 Å². The molecule has 2 rings (SSSR count). The number of anilines is 1. The highest BCUT2D eigenvalue weighted by Crippen LogP contribution is 2.28. The Labute approximate surface area is 132 Å². The second kappa shape index (κ2) is 6.54. The normalized spacial score (nSPS) is 16.0. The number of hydrogen-bond acceptors (Lipinski definition) is 3. The highest BCUT2D eigenvalue weighted by atomic mass is 79.9. The molecule has 6 heteroatoms. The second-order valence-corrected chi connectivity index (χ2v) is 6.26. The fourth-order valence-corrected chi connectivity index (χ4v) is 3.09. The van der Waals surface area contributed by atoms with Crippen LogP contribution in [0, 0.1) is 5.92 Å². The molecule has 1 heterocycles. The fourth-order valence-electron chi connectivity index (χ4n) is 2.57. The maximum absolute atomic E-state index is 11.7. The van der Waals surface area contributed by atoms with Crippen molar-refractivity contribution in [2.24, 2.45) is 11.7 Å². The van der Waals surface area contributed by atoms with Gasteiger partial charge in [0.15, 0.2) is 0 Å². The molecule has 1 aromatic rings. The van der Waals surface area contributed by atoms with Gasteiger partial charge in [0.1, 0.15) is 4.99 Å². The molecule has 1 aliphatic rings. The molecule has 20 heavy (non-hydrogen) atoms. The largest absolute Gasteiger partial charge is 0.389 e. The molecule has 0 bridgehead atoms. The number of nitrogens with zero attached hydrogens (tertiary/aromatic N) is 1. The van der Waals surface area contributed by atoms with E-state index in [1.54, 1.807) is 7.05 Å². The Bertz CT molecular complexity index is 527. The first-order valence-electron chi connectivity index (χ1n) is 6.59. The summed E-state index contributed by atoms with van der Waals surface area (Å²) in [5.41, 5.74) is 7.74. The number of rotatable bonds is 3. The molecule has 1 fully saturated rings. The Morgan fingerprint density at radius 1 is 1.45 bits per heavy atom. The quantitative estimate of drug-likeness (QED) is 0.814. The van der Waals surface area contributed by atoms with Crippen LogP contribution in [0.5, 0.6) is 0 Å². The van der Waals surface area contributed by atoms with Gasteiger partial charge < -0.3 is 16.0 Å². The minimum atomic E-state index is 0.111. The summed E-state index contributed by atoms with van der Waals surface area (Å²) in [5, 5.41) is 2.72. The van der Waals surface area contributed by atoms with Gasteiger partial charge in [-0.15, -0.1) is 0 Å². The summed E-state index contributed by atoms with van der Waals surface area (Å²) in [6, 6.07) is 5.96. The molecule has 0 atom stereocenters. The summed E-state index contributed by atoms with van der Waals surface area (Å²) in [6.45, 7) is 1.69. The maximum Gasteiger partial charge on any atom is 0.222 e. The van der Waals surface area contributed by atoms with Crippen LogP contribution in [0.3, 0.4) is 0 Å². The summed E-state index contributed by atoms with van der Waals surface area (Å²) < 4.78 is 0.962. The summed E-state index contributed by atoms with van der Waals surface area (Å²) in [6.07, 6.45) is 1.71. The van der Waals surface area contributed by atoms with Gasteiger partial charge in [-0.05, 0) is 31.0 Å². The van der Waals surface area contributed by atoms with Crippen molar-refractivity contribution in [2.45, 2.75) is 12.8 Å². The van der Waals surface area contributed by atoms with Gasteiger partial charge in [-0.1, -0.05) is 28.1 Å². The molecule has 1 amide bonds. The number of nitrogens with two attached hydrogens (primary N) is 1. The second-order valence-electron chi connectivity index (χ2n) is 4.90. The van der Waals surface area contributed by atoms with E-state index in [1.807, 2.05) is 18.2 Å². The average Bonchev–Trinajstić information content (AvgIpc) is 2.46. The predicted molar refractivity (Wildman–Crippen MR) is 89.0 cm³/mol. The van der Waals surface area contributed by atoms with Crippen LogP contribution in [0.2, 0.25) is 0 Å². The van der Waals surface area contributed by atoms with E-state index >= 15 is 0 Å². The van der Waals surface area contributed by atoms with Gasteiger partial charge in [-0.25, -0.2) is 0 Å². The molecular weight excluding hydrogens is 338 g/mol. The summed E-state index contributed by atoms with van der Waals surface area (Å²) >= 11 is 8.57. The molecule has 0 radical (unpaired) electrons. The van der Waals surface area contributed by atoms with Crippen LogP contribution >= 0.6 is 28.1 Å². The third-order valence-electron chi connectivity index (χ3n) is 3.68. The average molecular weight is 356 g/mol. The van der Waals surface area contributed by atoms with Crippen LogP contribution in [-0.4, -0.2) is 31.0 Å². The minimum absolute atomic E-state index is 0.111. The first kappa shape index (κ1) is 15.3. The maximum atomic E-state index is 11.7. The van der Waals surface area contributed by atoms with E-state index in [-0.39, 0.29) is 11.8 Å². The number of nitrogens with one attached hydrogen (secondary N) is 1. The lowest BCUT2D eigenvalue weighted by Crippen LogP contribution is -2.40. The molecule has 0 spiro atoms. The molecular formula is C14H18BrN3OS. The highest BCUT2D eigenvalue weighted by molar-refractivity contribution is 9.10. The summed E-state index contributed by atoms with van der Waals surface area (Å²) in [5.74, 6) is 0.245. The smallest absolute Gasteiger partial charge is 0.222 e. The van der Waals surface area contributed by atoms with Gasteiger partial charge in [0.2, 0.25) is 5.91 Å². The Hall–Kier alpha value is -1.14. The van der Waals surface area contributed by atoms with Crippen molar-refractivity contribution in [3.05, 3.63) is 28.2 Å². The van der Waals surface area contributed by atoms with Crippen molar-refractivity contribution < 1.29 is 4.79 Å². The zero-order valence-electron chi connectivity index (χ0n) is 11.4. The van der Waals surface area contributed by atoms with Crippen LogP contribution in [0.25, 0.3) is 0 Å². The van der Waals surface area contributed by atoms with Crippen LogP contribution < -0.4 is 16.0 Å². The molecule has 0 aromatic heterocycles. The van der Waals surface area contributed by atoms with Crippen LogP contribution in [0.15, 0.2) is 22.7 Å². The van der Waals surface area contributed by atoms with Gasteiger partial charge in [0, 0.05) is 41.8 Å². The van der Waals surface area contributed by atoms with E-state index in [4.69, 9.17) is 18.0 Å². The van der Waals surface area contributed by atoms with Crippen molar-refractivity contribution in [3.63, 3.8) is 0 Å². The SMILES string of the molecule is CNC(=O)C1CCN(c2ccc(Br)cc2C(N)=S)CC1. The van der Waals surface area contributed by atoms with E-state index in [0.717, 1.165) is 41.7 Å². The van der Waals surface area contributed by atoms with Crippen LogP contribution in [0.1, 0.15) is 18.4 Å². The zero-order valence-corrected chi connectivity index (χ0v) is 13.8. The number of carbonyl (C=O) groups is 1. The number of halogens is 1. The first-order chi connectivity index (χ1) is 9.52. The monoisotopic (exact) mass is 355 g/mol. The molecule has 0 aliphatic carbocycles. The lowest BCUT2D eigenvalue weighted by Gasteiger charge is -2.34. The number of hydrogen-bond donors (Lipinski definition) is 2. The molecule has 1 aromatic carbocycles. The lowest BCUT2D eigenvalue weighted by atomic mass is 9.95. The Morgan fingerprint density at radius 2 is 2.10 bits per heavy atom. The molecule has 0 saturated carbocycles. The fraction of sp³-hybridized carbons (Fsp3) is 0.429. The van der Waals surface area contributed by atoms with Gasteiger partial charge in [0.25, 0.3) is 0 Å². The van der Waals surface area contributed by atoms with Gasteiger partial charge in [0.05, 0.1) is 0 Å². The van der Waals surface area contributed by atoms with E-state index in [0.29, 0.717) is 4.99 Å². The number of amides is 1. The number of carbonyl (C=O) groups excluding carboxylic acids is 1. The van der Waals surface area contributed by atoms with E-state index in [1.165, 1.54) is 0 Å². The molecule has 0 unspecified atom stereocenters. The molecule has 108 valence electrons. The minimum Gasteiger partial charge on any atom is -0.389 e. The lowest BCUT2D eigenvalue weighted by molar-refractivity contribution is -0.125. The summed E-state index contributed by atoms with van der Waals surface area (Å²) in [7, 11) is 1.69. The topological polar surface area (TPSA) is 58.4 Å². The number of benzene rings is 1. The number of piperidine rings is 1. The third kappa shape index (κ3) is 3.30. The Balaban J connectivity index is 2.15. The Morgan fingerprint density at radius 3 is 2.65 bits per heavy atom. The van der Waals surface area contributed by atoms with Crippen LogP contribution in [-0.2, 0) is 4.79 Å². The molecule has 4 nitrogen and oxygen atoms in total. The van der Waals surface area contributed by atoms with Gasteiger partial charge in [-0.3, -0.25) is 4.79 Å². The van der Waals surface area contributed by atoms with Crippen molar-refractivity contribution >= 4 is 44.7 Å². The standard InChI is InChI=1S/C14H18BrN3OS/c1-17-14(19)9-4-6-18(7-5-9)12-3-2-10(15)8-11(12)13(16)20/h2-3,8-9H,4-7H2,1H3,(H2,16,20)(H,17,19). The molecule has 3 N–H and O–H groups in total. The number of thiocarbonyl (C=S) groups is 1. The zero-order chi connectivity index (χ0) is 14.7.